The number of hydrogen-bond acceptors (Lipinski definition) is 7. The molecule has 0 bridgehead atoms. The highest BCUT2D eigenvalue weighted by molar-refractivity contribution is 6.01. The maximum absolute atomic E-state index is 13.8. The summed E-state index contributed by atoms with van der Waals surface area (Å²) in [6.07, 6.45) is 0.120. The largest absolute Gasteiger partial charge is 0.455 e. The quantitative estimate of drug-likeness (QED) is 0.380. The number of nitrogens with one attached hydrogen (secondary N) is 3. The number of aromatic nitrogens is 1. The first-order chi connectivity index (χ1) is 18.8. The fourth-order valence-corrected chi connectivity index (χ4v) is 4.17. The Kier molecular flexibility index (Phi) is 8.77. The average molecular weight is 532 g/mol. The zero-order valence-electron chi connectivity index (χ0n) is 22.4. The van der Waals surface area contributed by atoms with Gasteiger partial charge in [0.05, 0.1) is 11.7 Å². The van der Waals surface area contributed by atoms with Crippen LogP contribution in [-0.4, -0.2) is 48.3 Å². The van der Waals surface area contributed by atoms with Gasteiger partial charge in [0.2, 0.25) is 5.91 Å². The average Bonchev–Trinajstić information content (AvgIpc) is 3.29. The summed E-state index contributed by atoms with van der Waals surface area (Å²) >= 11 is 0. The first kappa shape index (κ1) is 27.6. The topological polar surface area (TPSA) is 122 Å². The summed E-state index contributed by atoms with van der Waals surface area (Å²) < 4.78 is 11.7. The molecule has 1 aromatic heterocycles. The second-order valence-corrected chi connectivity index (χ2v) is 9.54. The third kappa shape index (κ3) is 6.53. The fourth-order valence-electron chi connectivity index (χ4n) is 4.17. The Balaban J connectivity index is 1.53. The van der Waals surface area contributed by atoms with E-state index in [2.05, 4.69) is 20.9 Å². The number of ether oxygens (including phenoxy) is 2. The van der Waals surface area contributed by atoms with Crippen molar-refractivity contribution in [3.63, 3.8) is 0 Å². The third-order valence-electron chi connectivity index (χ3n) is 6.41. The molecule has 2 heterocycles. The zero-order valence-corrected chi connectivity index (χ0v) is 22.4. The number of hydrogen-bond donors (Lipinski definition) is 3. The van der Waals surface area contributed by atoms with Crippen LogP contribution >= 0.6 is 0 Å². The Labute approximate surface area is 227 Å². The van der Waals surface area contributed by atoms with Gasteiger partial charge in [-0.05, 0) is 50.2 Å². The lowest BCUT2D eigenvalue weighted by atomic mass is 10.0. The molecule has 2 aromatic carbocycles. The van der Waals surface area contributed by atoms with Gasteiger partial charge < -0.3 is 20.1 Å². The van der Waals surface area contributed by atoms with E-state index in [9.17, 15) is 14.4 Å². The summed E-state index contributed by atoms with van der Waals surface area (Å²) in [6, 6.07) is 18.4. The molecule has 3 amide bonds. The Morgan fingerprint density at radius 2 is 1.69 bits per heavy atom. The van der Waals surface area contributed by atoms with Crippen molar-refractivity contribution in [1.82, 2.24) is 15.6 Å². The van der Waals surface area contributed by atoms with Gasteiger partial charge >= 0.3 is 6.09 Å². The van der Waals surface area contributed by atoms with Crippen LogP contribution in [0, 0.1) is 5.92 Å². The van der Waals surface area contributed by atoms with Crippen LogP contribution in [-0.2, 0) is 20.7 Å². The molecule has 1 aliphatic heterocycles. The molecule has 0 radical (unpaired) electrons. The molecule has 0 unspecified atom stereocenters. The molecule has 3 N–H and O–H groups in total. The number of rotatable bonds is 9. The highest BCUT2D eigenvalue weighted by Crippen LogP contribution is 2.33. The van der Waals surface area contributed by atoms with Crippen molar-refractivity contribution in [3.8, 4) is 11.5 Å². The minimum absolute atomic E-state index is 0.227. The number of carbonyl (C=O) groups excluding carboxylic acids is 3. The summed E-state index contributed by atoms with van der Waals surface area (Å²) in [5.74, 6) is 0.499. The maximum Gasteiger partial charge on any atom is 0.413 e. The molecule has 0 aliphatic carbocycles. The predicted octanol–water partition coefficient (Wildman–Crippen LogP) is 4.09. The smallest absolute Gasteiger partial charge is 0.413 e. The first-order valence-corrected chi connectivity index (χ1v) is 12.8. The van der Waals surface area contributed by atoms with Crippen molar-refractivity contribution in [2.75, 3.05) is 17.3 Å². The second-order valence-electron chi connectivity index (χ2n) is 9.54. The SMILES string of the molecule is CN[C@@H](C)C(=O)N[C@H](C(=O)N1c2ncccc2C[C@H]1OC(=O)Nc1ccccc1Oc1ccccc1)C(C)C. The van der Waals surface area contributed by atoms with Crippen molar-refractivity contribution < 1.29 is 23.9 Å². The monoisotopic (exact) mass is 531 g/mol. The van der Waals surface area contributed by atoms with Gasteiger partial charge in [-0.1, -0.05) is 50.2 Å². The minimum atomic E-state index is -0.954. The summed E-state index contributed by atoms with van der Waals surface area (Å²) in [5, 5.41) is 8.43. The number of carbonyl (C=O) groups is 3. The van der Waals surface area contributed by atoms with Gasteiger partial charge in [-0.25, -0.2) is 9.78 Å². The lowest BCUT2D eigenvalue weighted by molar-refractivity contribution is -0.130. The van der Waals surface area contributed by atoms with Crippen molar-refractivity contribution in [1.29, 1.82) is 0 Å². The van der Waals surface area contributed by atoms with Gasteiger partial charge in [-0.3, -0.25) is 19.8 Å². The molecule has 1 aliphatic rings. The molecule has 10 nitrogen and oxygen atoms in total. The molecular weight excluding hydrogens is 498 g/mol. The minimum Gasteiger partial charge on any atom is -0.455 e. The van der Waals surface area contributed by atoms with E-state index < -0.39 is 30.3 Å². The number of amides is 3. The fraction of sp³-hybridized carbons (Fsp3) is 0.310. The van der Waals surface area contributed by atoms with Crippen LogP contribution in [0.15, 0.2) is 72.9 Å². The number of pyridine rings is 1. The lowest BCUT2D eigenvalue weighted by Crippen LogP contribution is -2.56. The molecular formula is C29H33N5O5. The standard InChI is InChI=1S/C29H33N5O5/c1-18(2)25(33-27(35)19(3)30-4)28(36)34-24(17-20-11-10-16-31-26(20)34)39-29(37)32-22-14-8-9-15-23(22)38-21-12-6-5-7-13-21/h5-16,18-19,24-25,30H,17H2,1-4H3,(H,32,37)(H,33,35)/t19-,24+,25-/m0/s1. The van der Waals surface area contributed by atoms with Crippen molar-refractivity contribution >= 4 is 29.4 Å². The highest BCUT2D eigenvalue weighted by atomic mass is 16.6. The molecule has 0 spiro atoms. The molecule has 3 aromatic rings. The molecule has 0 saturated heterocycles. The van der Waals surface area contributed by atoms with Crippen LogP contribution in [0.2, 0.25) is 0 Å². The van der Waals surface area contributed by atoms with E-state index in [-0.39, 0.29) is 18.2 Å². The van der Waals surface area contributed by atoms with Crippen molar-refractivity contribution in [2.45, 2.75) is 45.5 Å². The normalized spacial score (nSPS) is 15.7. The highest BCUT2D eigenvalue weighted by Gasteiger charge is 2.42. The van der Waals surface area contributed by atoms with Crippen molar-refractivity contribution in [3.05, 3.63) is 78.5 Å². The predicted molar refractivity (Wildman–Crippen MR) is 148 cm³/mol. The number of para-hydroxylation sites is 3. The van der Waals surface area contributed by atoms with E-state index in [0.717, 1.165) is 5.56 Å². The molecule has 3 atom stereocenters. The van der Waals surface area contributed by atoms with Crippen LogP contribution in [0.3, 0.4) is 0 Å². The molecule has 0 saturated carbocycles. The van der Waals surface area contributed by atoms with Gasteiger partial charge in [0.25, 0.3) is 5.91 Å². The number of nitrogens with zero attached hydrogens (tertiary/aromatic N) is 2. The van der Waals surface area contributed by atoms with E-state index in [1.807, 2.05) is 50.2 Å². The van der Waals surface area contributed by atoms with E-state index in [1.54, 1.807) is 50.5 Å². The Morgan fingerprint density at radius 3 is 2.41 bits per heavy atom. The molecule has 0 fully saturated rings. The summed E-state index contributed by atoms with van der Waals surface area (Å²) in [5.41, 5.74) is 1.17. The van der Waals surface area contributed by atoms with Crippen LogP contribution in [0.25, 0.3) is 0 Å². The van der Waals surface area contributed by atoms with Crippen molar-refractivity contribution in [2.24, 2.45) is 5.92 Å². The first-order valence-electron chi connectivity index (χ1n) is 12.8. The number of likely N-dealkylation sites (N-methyl/N-ethyl adjacent to an activating group) is 1. The molecule has 10 heteroatoms. The second kappa shape index (κ2) is 12.4. The van der Waals surface area contributed by atoms with Crippen LogP contribution in [0.5, 0.6) is 11.5 Å². The summed E-state index contributed by atoms with van der Waals surface area (Å²) in [7, 11) is 1.67. The number of benzene rings is 2. The van der Waals surface area contributed by atoms with Crippen LogP contribution in [0.1, 0.15) is 26.3 Å². The summed E-state index contributed by atoms with van der Waals surface area (Å²) in [4.78, 5) is 45.3. The van der Waals surface area contributed by atoms with E-state index in [4.69, 9.17) is 9.47 Å². The Morgan fingerprint density at radius 1 is 0.974 bits per heavy atom. The van der Waals surface area contributed by atoms with Gasteiger partial charge in [0, 0.05) is 18.2 Å². The summed E-state index contributed by atoms with van der Waals surface area (Å²) in [6.45, 7) is 5.39. The lowest BCUT2D eigenvalue weighted by Gasteiger charge is -2.31. The van der Waals surface area contributed by atoms with Crippen LogP contribution < -0.4 is 25.6 Å². The van der Waals surface area contributed by atoms with Gasteiger partial charge in [-0.15, -0.1) is 0 Å². The van der Waals surface area contributed by atoms with E-state index >= 15 is 0 Å². The number of fused-ring (bicyclic) bond motifs is 1. The molecule has 4 rings (SSSR count). The Hall–Kier alpha value is -4.44. The number of anilines is 2. The van der Waals surface area contributed by atoms with Crippen LogP contribution in [0.4, 0.5) is 16.3 Å². The van der Waals surface area contributed by atoms with Gasteiger partial charge in [-0.2, -0.15) is 0 Å². The zero-order chi connectivity index (χ0) is 27.9. The maximum atomic E-state index is 13.8. The van der Waals surface area contributed by atoms with Gasteiger partial charge in [0.15, 0.2) is 12.0 Å². The Bertz CT molecular complexity index is 1320. The van der Waals surface area contributed by atoms with Gasteiger partial charge in [0.1, 0.15) is 17.6 Å². The molecule has 204 valence electrons. The van der Waals surface area contributed by atoms with E-state index in [0.29, 0.717) is 23.0 Å². The van der Waals surface area contributed by atoms with E-state index in [1.165, 1.54) is 4.90 Å². The third-order valence-corrected chi connectivity index (χ3v) is 6.41. The molecule has 39 heavy (non-hydrogen) atoms.